The van der Waals surface area contributed by atoms with Crippen molar-refractivity contribution >= 4 is 0 Å². The van der Waals surface area contributed by atoms with Crippen molar-refractivity contribution in [1.29, 1.82) is 0 Å². The Kier molecular flexibility index (Phi) is 3.28. The van der Waals surface area contributed by atoms with E-state index < -0.39 is 0 Å². The van der Waals surface area contributed by atoms with Crippen molar-refractivity contribution in [3.8, 4) is 0 Å². The van der Waals surface area contributed by atoms with Gasteiger partial charge in [0.1, 0.15) is 0 Å². The first-order valence-corrected chi connectivity index (χ1v) is 6.49. The predicted molar refractivity (Wildman–Crippen MR) is 73.2 cm³/mol. The number of nitrogens with two attached hydrogens (primary N) is 1. The molecule has 0 spiro atoms. The zero-order valence-corrected chi connectivity index (χ0v) is 11.2. The lowest BCUT2D eigenvalue weighted by molar-refractivity contribution is 0.447. The molecule has 0 amide bonds. The summed E-state index contributed by atoms with van der Waals surface area (Å²) in [6, 6.07) is 8.63. The number of nitrogens with one attached hydrogen (secondary N) is 1. The van der Waals surface area contributed by atoms with Crippen LogP contribution in [0.15, 0.2) is 24.3 Å². The summed E-state index contributed by atoms with van der Waals surface area (Å²) < 4.78 is 0. The molecule has 1 saturated carbocycles. The summed E-state index contributed by atoms with van der Waals surface area (Å²) in [6.45, 7) is 8.69. The van der Waals surface area contributed by atoms with Gasteiger partial charge in [0.2, 0.25) is 0 Å². The zero-order valence-electron chi connectivity index (χ0n) is 11.2. The summed E-state index contributed by atoms with van der Waals surface area (Å²) in [4.78, 5) is 0. The minimum atomic E-state index is 0.0990. The van der Waals surface area contributed by atoms with Crippen molar-refractivity contribution in [2.45, 2.75) is 44.6 Å². The molecule has 0 aliphatic heterocycles. The van der Waals surface area contributed by atoms with Gasteiger partial charge in [-0.25, -0.2) is 0 Å². The topological polar surface area (TPSA) is 38.0 Å². The minimum Gasteiger partial charge on any atom is -0.324 e. The fourth-order valence-electron chi connectivity index (χ4n) is 2.39. The van der Waals surface area contributed by atoms with Crippen LogP contribution in [0.25, 0.3) is 0 Å². The molecule has 0 bridgehead atoms. The van der Waals surface area contributed by atoms with E-state index in [1.807, 2.05) is 0 Å². The summed E-state index contributed by atoms with van der Waals surface area (Å²) in [6.07, 6.45) is 2.34. The van der Waals surface area contributed by atoms with E-state index in [9.17, 15) is 0 Å². The molecule has 2 rings (SSSR count). The van der Waals surface area contributed by atoms with Crippen molar-refractivity contribution < 1.29 is 0 Å². The highest BCUT2D eigenvalue weighted by atomic mass is 15.0. The van der Waals surface area contributed by atoms with Gasteiger partial charge in [-0.05, 0) is 30.9 Å². The van der Waals surface area contributed by atoms with E-state index in [1.54, 1.807) is 0 Å². The van der Waals surface area contributed by atoms with Crippen molar-refractivity contribution in [2.75, 3.05) is 13.1 Å². The van der Waals surface area contributed by atoms with E-state index in [4.69, 9.17) is 5.73 Å². The molecule has 0 unspecified atom stereocenters. The molecule has 0 atom stereocenters. The van der Waals surface area contributed by atoms with Gasteiger partial charge in [0.15, 0.2) is 0 Å². The van der Waals surface area contributed by atoms with Gasteiger partial charge in [0.05, 0.1) is 0 Å². The summed E-state index contributed by atoms with van der Waals surface area (Å²) in [5.41, 5.74) is 9.14. The molecular weight excluding hydrogens is 208 g/mol. The summed E-state index contributed by atoms with van der Waals surface area (Å²) in [5, 5.41) is 3.53. The quantitative estimate of drug-likeness (QED) is 0.818. The first-order chi connectivity index (χ1) is 7.93. The van der Waals surface area contributed by atoms with Crippen LogP contribution in [0, 0.1) is 6.92 Å². The molecule has 0 radical (unpaired) electrons. The molecule has 0 heterocycles. The molecule has 0 saturated heterocycles. The molecule has 94 valence electrons. The first kappa shape index (κ1) is 12.6. The lowest BCUT2D eigenvalue weighted by Crippen LogP contribution is -2.41. The third-order valence-electron chi connectivity index (χ3n) is 3.81. The predicted octanol–water partition coefficient (Wildman–Crippen LogP) is 2.35. The SMILES string of the molecule is Cc1ccccc1C(C)(C)CNCC1(N)CC1. The van der Waals surface area contributed by atoms with Crippen LogP contribution >= 0.6 is 0 Å². The maximum atomic E-state index is 6.08. The zero-order chi connectivity index (χ0) is 12.5. The molecule has 2 nitrogen and oxygen atoms in total. The van der Waals surface area contributed by atoms with Crippen LogP contribution in [0.1, 0.15) is 37.8 Å². The van der Waals surface area contributed by atoms with E-state index in [1.165, 1.54) is 24.0 Å². The van der Waals surface area contributed by atoms with E-state index in [2.05, 4.69) is 50.4 Å². The second kappa shape index (κ2) is 4.43. The Bertz CT molecular complexity index is 392. The molecule has 2 heteroatoms. The maximum absolute atomic E-state index is 6.08. The van der Waals surface area contributed by atoms with Crippen LogP contribution in [0.4, 0.5) is 0 Å². The average molecular weight is 232 g/mol. The summed E-state index contributed by atoms with van der Waals surface area (Å²) in [5.74, 6) is 0. The fraction of sp³-hybridized carbons (Fsp3) is 0.600. The summed E-state index contributed by atoms with van der Waals surface area (Å²) >= 11 is 0. The van der Waals surface area contributed by atoms with E-state index in [0.717, 1.165) is 13.1 Å². The molecule has 1 aromatic carbocycles. The first-order valence-electron chi connectivity index (χ1n) is 6.49. The lowest BCUT2D eigenvalue weighted by atomic mass is 9.82. The lowest BCUT2D eigenvalue weighted by Gasteiger charge is -2.28. The molecular formula is C15H24N2. The van der Waals surface area contributed by atoms with Gasteiger partial charge in [0.25, 0.3) is 0 Å². The molecule has 1 aliphatic rings. The number of rotatable bonds is 5. The van der Waals surface area contributed by atoms with E-state index >= 15 is 0 Å². The maximum Gasteiger partial charge on any atom is 0.0282 e. The van der Waals surface area contributed by atoms with Crippen LogP contribution in [0.3, 0.4) is 0 Å². The Hall–Kier alpha value is -0.860. The Morgan fingerprint density at radius 3 is 2.53 bits per heavy atom. The number of benzene rings is 1. The second-order valence-electron chi connectivity index (χ2n) is 6.16. The Balaban J connectivity index is 1.95. The van der Waals surface area contributed by atoms with Crippen molar-refractivity contribution in [3.05, 3.63) is 35.4 Å². The Morgan fingerprint density at radius 2 is 1.94 bits per heavy atom. The molecule has 0 aromatic heterocycles. The van der Waals surface area contributed by atoms with Crippen LogP contribution < -0.4 is 11.1 Å². The highest BCUT2D eigenvalue weighted by Gasteiger charge is 2.37. The van der Waals surface area contributed by atoms with Gasteiger partial charge in [-0.15, -0.1) is 0 Å². The fourth-order valence-corrected chi connectivity index (χ4v) is 2.39. The molecule has 1 aromatic rings. The molecule has 1 fully saturated rings. The molecule has 3 N–H and O–H groups in total. The van der Waals surface area contributed by atoms with Crippen molar-refractivity contribution in [1.82, 2.24) is 5.32 Å². The van der Waals surface area contributed by atoms with Crippen LogP contribution in [-0.4, -0.2) is 18.6 Å². The van der Waals surface area contributed by atoms with Gasteiger partial charge in [0, 0.05) is 24.0 Å². The standard InChI is InChI=1S/C15H24N2/c1-12-6-4-5-7-13(12)14(2,3)10-17-11-15(16)8-9-15/h4-7,17H,8-11,16H2,1-3H3. The van der Waals surface area contributed by atoms with Gasteiger partial charge in [-0.3, -0.25) is 0 Å². The largest absolute Gasteiger partial charge is 0.324 e. The second-order valence-corrected chi connectivity index (χ2v) is 6.16. The van der Waals surface area contributed by atoms with E-state index in [0.29, 0.717) is 0 Å². The van der Waals surface area contributed by atoms with Crippen LogP contribution in [0.2, 0.25) is 0 Å². The molecule has 1 aliphatic carbocycles. The third-order valence-corrected chi connectivity index (χ3v) is 3.81. The van der Waals surface area contributed by atoms with Gasteiger partial charge in [-0.2, -0.15) is 0 Å². The highest BCUT2D eigenvalue weighted by molar-refractivity contribution is 5.32. The number of hydrogen-bond donors (Lipinski definition) is 2. The van der Waals surface area contributed by atoms with Gasteiger partial charge < -0.3 is 11.1 Å². The van der Waals surface area contributed by atoms with Crippen molar-refractivity contribution in [2.24, 2.45) is 5.73 Å². The molecule has 17 heavy (non-hydrogen) atoms. The number of hydrogen-bond acceptors (Lipinski definition) is 2. The van der Waals surface area contributed by atoms with Gasteiger partial charge >= 0.3 is 0 Å². The van der Waals surface area contributed by atoms with E-state index in [-0.39, 0.29) is 11.0 Å². The smallest absolute Gasteiger partial charge is 0.0282 e. The normalized spacial score (nSPS) is 18.1. The monoisotopic (exact) mass is 232 g/mol. The van der Waals surface area contributed by atoms with Gasteiger partial charge in [-0.1, -0.05) is 38.1 Å². The minimum absolute atomic E-state index is 0.0990. The summed E-state index contributed by atoms with van der Waals surface area (Å²) in [7, 11) is 0. The van der Waals surface area contributed by atoms with Crippen LogP contribution in [-0.2, 0) is 5.41 Å². The number of aryl methyl sites for hydroxylation is 1. The highest BCUT2D eigenvalue weighted by Crippen LogP contribution is 2.31. The third kappa shape index (κ3) is 3.08. The van der Waals surface area contributed by atoms with Crippen molar-refractivity contribution in [3.63, 3.8) is 0 Å². The average Bonchev–Trinajstić information content (AvgIpc) is 2.96. The Morgan fingerprint density at radius 1 is 1.29 bits per heavy atom. The Labute approximate surface area is 105 Å². The van der Waals surface area contributed by atoms with Crippen LogP contribution in [0.5, 0.6) is 0 Å².